The van der Waals surface area contributed by atoms with Crippen LogP contribution in [-0.2, 0) is 9.53 Å². The van der Waals surface area contributed by atoms with E-state index in [1.165, 1.54) is 21.2 Å². The lowest BCUT2D eigenvalue weighted by molar-refractivity contribution is -0.906. The normalized spacial score (nSPS) is 21.9. The second-order valence-electron chi connectivity index (χ2n) is 6.92. The number of para-hydroxylation sites is 1. The summed E-state index contributed by atoms with van der Waals surface area (Å²) in [6, 6.07) is 7.87. The van der Waals surface area contributed by atoms with Crippen LogP contribution >= 0.6 is 11.3 Å². The van der Waals surface area contributed by atoms with Crippen LogP contribution in [0, 0.1) is 5.92 Å². The van der Waals surface area contributed by atoms with Gasteiger partial charge in [-0.25, -0.2) is 4.98 Å². The van der Waals surface area contributed by atoms with Gasteiger partial charge in [0.1, 0.15) is 19.0 Å². The number of anilines is 1. The molecule has 1 N–H and O–H groups in total. The number of benzene rings is 1. The van der Waals surface area contributed by atoms with Gasteiger partial charge in [0.05, 0.1) is 42.2 Å². The number of hydrazone groups is 1. The summed E-state index contributed by atoms with van der Waals surface area (Å²) in [4.78, 5) is 23.7. The number of morpholine rings is 1. The van der Waals surface area contributed by atoms with E-state index in [9.17, 15) is 4.79 Å². The highest BCUT2D eigenvalue weighted by Gasteiger charge is 2.37. The van der Waals surface area contributed by atoms with Gasteiger partial charge >= 0.3 is 0 Å². The molecule has 7 nitrogen and oxygen atoms in total. The summed E-state index contributed by atoms with van der Waals surface area (Å²) >= 11 is 1.48. The van der Waals surface area contributed by atoms with E-state index in [4.69, 9.17) is 4.74 Å². The maximum Gasteiger partial charge on any atom is 0.264 e. The standard InChI is InChI=1S/C19H23N5O2S/c1-13(20-7-8-23-9-11-26-12-10-23)17-14(2)22-24(18(17)25)19-21-15-5-3-4-6-16(15)27-19/h3-6,17H,7-12H2,1-2H3/p+1/t17-/m0/s1. The van der Waals surface area contributed by atoms with E-state index < -0.39 is 0 Å². The molecule has 1 aromatic heterocycles. The van der Waals surface area contributed by atoms with Crippen LogP contribution < -0.4 is 9.91 Å². The largest absolute Gasteiger partial charge is 0.370 e. The van der Waals surface area contributed by atoms with Crippen LogP contribution in [0.4, 0.5) is 5.13 Å². The Morgan fingerprint density at radius 1 is 1.37 bits per heavy atom. The van der Waals surface area contributed by atoms with Gasteiger partial charge in [-0.1, -0.05) is 23.5 Å². The Balaban J connectivity index is 1.45. The van der Waals surface area contributed by atoms with Crippen molar-refractivity contribution >= 4 is 44.0 Å². The molecule has 27 heavy (non-hydrogen) atoms. The van der Waals surface area contributed by atoms with E-state index in [1.54, 1.807) is 0 Å². The fourth-order valence-corrected chi connectivity index (χ4v) is 4.45. The fourth-order valence-electron chi connectivity index (χ4n) is 3.53. The Bertz CT molecular complexity index is 867. The second-order valence-corrected chi connectivity index (χ2v) is 7.93. The Labute approximate surface area is 162 Å². The first-order valence-corrected chi connectivity index (χ1v) is 10.1. The molecule has 2 aliphatic rings. The zero-order valence-electron chi connectivity index (χ0n) is 15.6. The first-order chi connectivity index (χ1) is 13.1. The van der Waals surface area contributed by atoms with Gasteiger partial charge in [-0.05, 0) is 26.0 Å². The van der Waals surface area contributed by atoms with Crippen molar-refractivity contribution in [2.75, 3.05) is 44.4 Å². The van der Waals surface area contributed by atoms with E-state index in [0.29, 0.717) is 5.13 Å². The van der Waals surface area contributed by atoms with Crippen molar-refractivity contribution in [3.63, 3.8) is 0 Å². The number of fused-ring (bicyclic) bond motifs is 1. The molecule has 2 aromatic rings. The highest BCUT2D eigenvalue weighted by Crippen LogP contribution is 2.32. The first kappa shape index (κ1) is 18.2. The van der Waals surface area contributed by atoms with E-state index in [1.807, 2.05) is 38.1 Å². The zero-order chi connectivity index (χ0) is 18.8. The van der Waals surface area contributed by atoms with Gasteiger partial charge < -0.3 is 9.64 Å². The van der Waals surface area contributed by atoms with Crippen molar-refractivity contribution in [3.8, 4) is 0 Å². The molecule has 1 fully saturated rings. The van der Waals surface area contributed by atoms with Crippen LogP contribution in [0.5, 0.6) is 0 Å². The topological polar surface area (TPSA) is 71.6 Å². The number of amides is 1. The van der Waals surface area contributed by atoms with Gasteiger partial charge in [-0.15, -0.1) is 0 Å². The van der Waals surface area contributed by atoms with Gasteiger partial charge in [0.15, 0.2) is 0 Å². The molecule has 3 heterocycles. The predicted octanol–water partition coefficient (Wildman–Crippen LogP) is 1.01. The number of hydrogen-bond donors (Lipinski definition) is 1. The molecular weight excluding hydrogens is 362 g/mol. The molecule has 1 amide bonds. The molecule has 2 aliphatic heterocycles. The van der Waals surface area contributed by atoms with Gasteiger partial charge in [0, 0.05) is 5.71 Å². The van der Waals surface area contributed by atoms with Crippen molar-refractivity contribution in [1.82, 2.24) is 4.98 Å². The molecule has 0 unspecified atom stereocenters. The molecule has 142 valence electrons. The number of quaternary nitrogens is 1. The molecular formula is C19H24N5O2S+. The number of rotatable bonds is 5. The minimum atomic E-state index is -0.378. The van der Waals surface area contributed by atoms with Crippen LogP contribution in [0.2, 0.25) is 0 Å². The zero-order valence-corrected chi connectivity index (χ0v) is 16.5. The number of hydrogen-bond acceptors (Lipinski definition) is 6. The third kappa shape index (κ3) is 3.78. The quantitative estimate of drug-likeness (QED) is 0.780. The SMILES string of the molecule is CC(=NCC[NH+]1CCOCC1)[C@@H]1C(=O)N(c2nc3ccccc3s2)N=C1C. The van der Waals surface area contributed by atoms with E-state index in [-0.39, 0.29) is 11.8 Å². The summed E-state index contributed by atoms with van der Waals surface area (Å²) in [5.74, 6) is -0.441. The van der Waals surface area contributed by atoms with E-state index >= 15 is 0 Å². The lowest BCUT2D eigenvalue weighted by Gasteiger charge is -2.23. The Hall–Kier alpha value is -2.16. The molecule has 0 saturated carbocycles. The molecule has 1 aromatic carbocycles. The molecule has 0 spiro atoms. The molecule has 0 aliphatic carbocycles. The van der Waals surface area contributed by atoms with Crippen LogP contribution in [0.25, 0.3) is 10.2 Å². The summed E-state index contributed by atoms with van der Waals surface area (Å²) in [6.07, 6.45) is 0. The Morgan fingerprint density at radius 3 is 2.93 bits per heavy atom. The van der Waals surface area contributed by atoms with E-state index in [0.717, 1.165) is 61.0 Å². The minimum absolute atomic E-state index is 0.0634. The second kappa shape index (κ2) is 7.84. The maximum absolute atomic E-state index is 13.0. The average molecular weight is 387 g/mol. The van der Waals surface area contributed by atoms with Crippen LogP contribution in [0.15, 0.2) is 34.4 Å². The van der Waals surface area contributed by atoms with E-state index in [2.05, 4.69) is 15.1 Å². The maximum atomic E-state index is 13.0. The summed E-state index contributed by atoms with van der Waals surface area (Å²) in [5.41, 5.74) is 2.50. The van der Waals surface area contributed by atoms with Crippen molar-refractivity contribution in [3.05, 3.63) is 24.3 Å². The summed E-state index contributed by atoms with van der Waals surface area (Å²) in [5, 5.41) is 6.54. The number of carbonyl (C=O) groups is 1. The number of nitrogens with zero attached hydrogens (tertiary/aromatic N) is 4. The first-order valence-electron chi connectivity index (χ1n) is 9.30. The van der Waals surface area contributed by atoms with Crippen LogP contribution in [0.3, 0.4) is 0 Å². The van der Waals surface area contributed by atoms with Crippen molar-refractivity contribution in [2.45, 2.75) is 13.8 Å². The molecule has 8 heteroatoms. The number of ether oxygens (including phenoxy) is 1. The summed E-state index contributed by atoms with van der Waals surface area (Å²) in [7, 11) is 0. The monoisotopic (exact) mass is 386 g/mol. The number of nitrogens with one attached hydrogen (secondary N) is 1. The average Bonchev–Trinajstić information content (AvgIpc) is 3.23. The highest BCUT2D eigenvalue weighted by atomic mass is 32.1. The van der Waals surface area contributed by atoms with Crippen LogP contribution in [-0.4, -0.2) is 61.7 Å². The Morgan fingerprint density at radius 2 is 2.15 bits per heavy atom. The van der Waals surface area contributed by atoms with Crippen molar-refractivity contribution in [1.29, 1.82) is 0 Å². The van der Waals surface area contributed by atoms with Gasteiger partial charge in [-0.3, -0.25) is 9.79 Å². The summed E-state index contributed by atoms with van der Waals surface area (Å²) < 4.78 is 6.44. The van der Waals surface area contributed by atoms with Gasteiger partial charge in [-0.2, -0.15) is 10.1 Å². The minimum Gasteiger partial charge on any atom is -0.370 e. The smallest absolute Gasteiger partial charge is 0.264 e. The van der Waals surface area contributed by atoms with Crippen molar-refractivity contribution in [2.24, 2.45) is 16.0 Å². The number of aliphatic imine (C=N–C) groups is 1. The third-order valence-electron chi connectivity index (χ3n) is 5.04. The Kier molecular flexibility index (Phi) is 5.29. The van der Waals surface area contributed by atoms with Crippen molar-refractivity contribution < 1.29 is 14.4 Å². The molecule has 1 atom stereocenters. The summed E-state index contributed by atoms with van der Waals surface area (Å²) in [6.45, 7) is 9.22. The van der Waals surface area contributed by atoms with Crippen LogP contribution in [0.1, 0.15) is 13.8 Å². The highest BCUT2D eigenvalue weighted by molar-refractivity contribution is 7.22. The molecule has 4 rings (SSSR count). The molecule has 0 bridgehead atoms. The lowest BCUT2D eigenvalue weighted by atomic mass is 9.99. The number of carbonyl (C=O) groups excluding carboxylic acids is 1. The van der Waals surface area contributed by atoms with Gasteiger partial charge in [0.25, 0.3) is 5.91 Å². The lowest BCUT2D eigenvalue weighted by Crippen LogP contribution is -3.14. The molecule has 1 saturated heterocycles. The fraction of sp³-hybridized carbons (Fsp3) is 0.474. The van der Waals surface area contributed by atoms with Gasteiger partial charge in [0.2, 0.25) is 5.13 Å². The molecule has 0 radical (unpaired) electrons. The number of thiazole rings is 1. The third-order valence-corrected chi connectivity index (χ3v) is 6.05. The predicted molar refractivity (Wildman–Crippen MR) is 108 cm³/mol. The number of aromatic nitrogens is 1.